The Balaban J connectivity index is 5.15. The van der Waals surface area contributed by atoms with Crippen molar-refractivity contribution in [3.05, 3.63) is 0 Å². The molecule has 0 aromatic carbocycles. The minimum atomic E-state index is -2.77. The van der Waals surface area contributed by atoms with Crippen molar-refractivity contribution in [1.29, 1.82) is 0 Å². The van der Waals surface area contributed by atoms with Crippen LogP contribution in [0.5, 0.6) is 0 Å². The van der Waals surface area contributed by atoms with Gasteiger partial charge in [0.25, 0.3) is 0 Å². The van der Waals surface area contributed by atoms with Crippen molar-refractivity contribution >= 4 is 18.1 Å². The first kappa shape index (κ1) is 24.2. The molecule has 0 rings (SSSR count). The van der Waals surface area contributed by atoms with Gasteiger partial charge in [-0.2, -0.15) is 0 Å². The van der Waals surface area contributed by atoms with Crippen LogP contribution in [0.1, 0.15) is 69.2 Å². The molecule has 0 aromatic heterocycles. The van der Waals surface area contributed by atoms with Crippen LogP contribution < -0.4 is 0 Å². The summed E-state index contributed by atoms with van der Waals surface area (Å²) in [4.78, 5) is 0. The molecule has 0 radical (unpaired) electrons. The third-order valence-electron chi connectivity index (χ3n) is 2.78. The van der Waals surface area contributed by atoms with Gasteiger partial charge < -0.3 is 22.1 Å². The van der Waals surface area contributed by atoms with Crippen LogP contribution in [0.4, 0.5) is 0 Å². The summed E-state index contributed by atoms with van der Waals surface area (Å²) in [5.41, 5.74) is 0. The monoisotopic (exact) mass is 380 g/mol. The maximum Gasteiger partial charge on any atom is 0.501 e. The highest BCUT2D eigenvalue weighted by Crippen LogP contribution is 2.25. The third kappa shape index (κ3) is 11.7. The molecule has 0 aliphatic rings. The van der Waals surface area contributed by atoms with Crippen LogP contribution in [0.25, 0.3) is 0 Å². The van der Waals surface area contributed by atoms with Gasteiger partial charge in [-0.3, -0.25) is 0 Å². The van der Waals surface area contributed by atoms with E-state index in [1.165, 1.54) is 0 Å². The van der Waals surface area contributed by atoms with Gasteiger partial charge in [-0.05, 0) is 75.3 Å². The van der Waals surface area contributed by atoms with Crippen molar-refractivity contribution in [3.8, 4) is 0 Å². The molecule has 24 heavy (non-hydrogen) atoms. The van der Waals surface area contributed by atoms with E-state index in [-0.39, 0.29) is 30.5 Å². The van der Waals surface area contributed by atoms with Crippen LogP contribution in [0, 0.1) is 0 Å². The Labute approximate surface area is 152 Å². The van der Waals surface area contributed by atoms with Crippen LogP contribution in [0.2, 0.25) is 12.1 Å². The van der Waals surface area contributed by atoms with Gasteiger partial charge in [0.15, 0.2) is 0 Å². The quantitative estimate of drug-likeness (QED) is 0.447. The second kappa shape index (κ2) is 11.8. The highest BCUT2D eigenvalue weighted by atomic mass is 28.4. The average molecular weight is 381 g/mol. The van der Waals surface area contributed by atoms with E-state index in [0.717, 1.165) is 12.1 Å². The van der Waals surface area contributed by atoms with Crippen LogP contribution in [0.3, 0.4) is 0 Å². The average Bonchev–Trinajstić information content (AvgIpc) is 2.31. The van der Waals surface area contributed by atoms with E-state index in [2.05, 4.69) is 0 Å². The van der Waals surface area contributed by atoms with Gasteiger partial charge in [0.1, 0.15) is 0 Å². The van der Waals surface area contributed by atoms with E-state index >= 15 is 0 Å². The zero-order chi connectivity index (χ0) is 18.9. The molecule has 0 atom stereocenters. The maximum absolute atomic E-state index is 6.23. The maximum atomic E-state index is 6.23. The van der Waals surface area contributed by atoms with E-state index in [1.54, 1.807) is 0 Å². The highest BCUT2D eigenvalue weighted by molar-refractivity contribution is 6.62. The molecule has 0 saturated heterocycles. The molecule has 7 heteroatoms. The zero-order valence-corrected chi connectivity index (χ0v) is 19.6. The van der Waals surface area contributed by atoms with Crippen molar-refractivity contribution in [2.75, 3.05) is 0 Å². The summed E-state index contributed by atoms with van der Waals surface area (Å²) >= 11 is 0. The molecule has 0 bridgehead atoms. The lowest BCUT2D eigenvalue weighted by Gasteiger charge is -2.35. The number of hydrogen-bond acceptors (Lipinski definition) is 5. The number of hydrogen-bond donors (Lipinski definition) is 0. The predicted octanol–water partition coefficient (Wildman–Crippen LogP) is 4.27. The predicted molar refractivity (Wildman–Crippen MR) is 104 cm³/mol. The van der Waals surface area contributed by atoms with E-state index in [1.807, 2.05) is 69.2 Å². The summed E-state index contributed by atoms with van der Waals surface area (Å²) in [6.45, 7) is 20.4. The fourth-order valence-electron chi connectivity index (χ4n) is 2.41. The first-order chi connectivity index (χ1) is 11.0. The van der Waals surface area contributed by atoms with Gasteiger partial charge in [-0.15, -0.1) is 0 Å². The van der Waals surface area contributed by atoms with Gasteiger partial charge in [0.2, 0.25) is 0 Å². The molecule has 0 fully saturated rings. The second-order valence-corrected chi connectivity index (χ2v) is 12.1. The number of rotatable bonds is 13. The summed E-state index contributed by atoms with van der Waals surface area (Å²) in [5.74, 6) is 0. The molecular weight excluding hydrogens is 340 g/mol. The van der Waals surface area contributed by atoms with Crippen LogP contribution in [0.15, 0.2) is 0 Å². The molecule has 0 aromatic rings. The van der Waals surface area contributed by atoms with Crippen molar-refractivity contribution in [3.63, 3.8) is 0 Å². The van der Waals surface area contributed by atoms with Gasteiger partial charge in [-0.25, -0.2) is 0 Å². The molecule has 0 heterocycles. The minimum absolute atomic E-state index is 0.0614. The molecule has 0 aliphatic heterocycles. The van der Waals surface area contributed by atoms with Crippen molar-refractivity contribution in [2.24, 2.45) is 0 Å². The second-order valence-electron chi connectivity index (χ2n) is 7.52. The summed E-state index contributed by atoms with van der Waals surface area (Å²) < 4.78 is 30.8. The molecule has 0 aliphatic carbocycles. The largest absolute Gasteiger partial charge is 0.501 e. The molecule has 5 nitrogen and oxygen atoms in total. The molecule has 0 saturated carbocycles. The van der Waals surface area contributed by atoms with E-state index in [9.17, 15) is 0 Å². The van der Waals surface area contributed by atoms with E-state index in [0.29, 0.717) is 0 Å². The Morgan fingerprint density at radius 1 is 0.583 bits per heavy atom. The zero-order valence-electron chi connectivity index (χ0n) is 17.4. The Morgan fingerprint density at radius 3 is 1.17 bits per heavy atom. The van der Waals surface area contributed by atoms with Gasteiger partial charge >= 0.3 is 18.1 Å². The van der Waals surface area contributed by atoms with E-state index in [4.69, 9.17) is 22.1 Å². The Bertz CT molecular complexity index is 286. The Kier molecular flexibility index (Phi) is 11.9. The van der Waals surface area contributed by atoms with Crippen molar-refractivity contribution < 1.29 is 22.1 Å². The topological polar surface area (TPSA) is 46.2 Å². The van der Waals surface area contributed by atoms with Gasteiger partial charge in [0, 0.05) is 36.6 Å². The standard InChI is InChI=1S/C17H40O5Si2/c1-13(2)18-23(19-14(3)4)11-12-24(20-15(5)6,21-16(7)8)22-17(9)10/h13-17,23H,11-12H2,1-10H3. The molecule has 0 amide bonds. The molecule has 0 N–H and O–H groups in total. The fraction of sp³-hybridized carbons (Fsp3) is 1.00. The van der Waals surface area contributed by atoms with Crippen molar-refractivity contribution in [2.45, 2.75) is 112 Å². The van der Waals surface area contributed by atoms with Gasteiger partial charge in [-0.1, -0.05) is 0 Å². The Morgan fingerprint density at radius 2 is 0.917 bits per heavy atom. The molecular formula is C17H40O5Si2. The van der Waals surface area contributed by atoms with Crippen LogP contribution >= 0.6 is 0 Å². The summed E-state index contributed by atoms with van der Waals surface area (Å²) in [5, 5.41) is 0. The minimum Gasteiger partial charge on any atom is -0.394 e. The normalized spacial score (nSPS) is 13.5. The Hall–Kier alpha value is 0.234. The molecule has 146 valence electrons. The summed E-state index contributed by atoms with van der Waals surface area (Å²) in [6.07, 6.45) is 0.517. The third-order valence-corrected chi connectivity index (χ3v) is 9.21. The van der Waals surface area contributed by atoms with Crippen molar-refractivity contribution in [1.82, 2.24) is 0 Å². The molecule has 0 spiro atoms. The smallest absolute Gasteiger partial charge is 0.394 e. The van der Waals surface area contributed by atoms with E-state index < -0.39 is 18.1 Å². The summed E-state index contributed by atoms with van der Waals surface area (Å²) in [6, 6.07) is 1.56. The lowest BCUT2D eigenvalue weighted by atomic mass is 10.5. The van der Waals surface area contributed by atoms with Crippen LogP contribution in [-0.2, 0) is 22.1 Å². The SMILES string of the molecule is CC(C)O[SiH](CC[Si](OC(C)C)(OC(C)C)OC(C)C)OC(C)C. The summed E-state index contributed by atoms with van der Waals surface area (Å²) in [7, 11) is -4.57. The molecule has 0 unspecified atom stereocenters. The highest BCUT2D eigenvalue weighted by Gasteiger charge is 2.45. The van der Waals surface area contributed by atoms with Crippen LogP contribution in [-0.4, -0.2) is 48.6 Å². The van der Waals surface area contributed by atoms with Gasteiger partial charge in [0.05, 0.1) is 0 Å². The first-order valence-electron chi connectivity index (χ1n) is 9.30. The fourth-order valence-corrected chi connectivity index (χ4v) is 8.99. The first-order valence-corrected chi connectivity index (χ1v) is 13.0. The lowest BCUT2D eigenvalue weighted by Crippen LogP contribution is -2.51. The lowest BCUT2D eigenvalue weighted by molar-refractivity contribution is 0.00340.